The molecule has 1 aromatic carbocycles. The maximum absolute atomic E-state index is 13.6. The van der Waals surface area contributed by atoms with E-state index in [4.69, 9.17) is 0 Å². The first kappa shape index (κ1) is 30.6. The second-order valence-electron chi connectivity index (χ2n) is 9.85. The summed E-state index contributed by atoms with van der Waals surface area (Å²) in [6.45, 7) is 1.32. The molecule has 220 valence electrons. The van der Waals surface area contributed by atoms with Gasteiger partial charge in [0.15, 0.2) is 0 Å². The van der Waals surface area contributed by atoms with Crippen molar-refractivity contribution in [3.05, 3.63) is 29.3 Å². The molecule has 1 aromatic rings. The standard InChI is InChI=1S/C23H26F9N3O4/c1-20(18(36)37)2-4-34(5-3-20)16-11-14(10-15(12-16)21(24,25)26)13-33-6-8-35(9-7-33)19(38)39-17(22(27,28)29)23(30,31)32/h10-12,17H,2-9,13H2,1H3,(H,36,37). The number of nitrogens with zero attached hydrogens (tertiary/aromatic N) is 3. The van der Waals surface area contributed by atoms with Gasteiger partial charge in [-0.3, -0.25) is 9.69 Å². The van der Waals surface area contributed by atoms with Crippen LogP contribution < -0.4 is 4.90 Å². The van der Waals surface area contributed by atoms with Gasteiger partial charge in [0.25, 0.3) is 6.10 Å². The SMILES string of the molecule is CC1(C(=O)O)CCN(c2cc(CN3CCN(C(=O)OC(C(F)(F)F)C(F)(F)F)CC3)cc(C(F)(F)F)c2)CC1. The second-order valence-corrected chi connectivity index (χ2v) is 9.85. The van der Waals surface area contributed by atoms with Gasteiger partial charge in [0.2, 0.25) is 0 Å². The number of piperidine rings is 1. The minimum atomic E-state index is -5.85. The zero-order valence-electron chi connectivity index (χ0n) is 20.6. The number of benzene rings is 1. The zero-order chi connectivity index (χ0) is 29.4. The Morgan fingerprint density at radius 2 is 1.44 bits per heavy atom. The van der Waals surface area contributed by atoms with E-state index in [0.717, 1.165) is 12.1 Å². The van der Waals surface area contributed by atoms with E-state index in [1.165, 1.54) is 6.07 Å². The molecule has 0 saturated carbocycles. The van der Waals surface area contributed by atoms with Gasteiger partial charge in [-0.15, -0.1) is 0 Å². The molecule has 0 aliphatic carbocycles. The van der Waals surface area contributed by atoms with Crippen molar-refractivity contribution in [3.63, 3.8) is 0 Å². The summed E-state index contributed by atoms with van der Waals surface area (Å²) in [4.78, 5) is 27.4. The van der Waals surface area contributed by atoms with Crippen LogP contribution in [0.5, 0.6) is 0 Å². The number of carboxylic acid groups (broad SMARTS) is 1. The van der Waals surface area contributed by atoms with Gasteiger partial charge in [0.05, 0.1) is 11.0 Å². The summed E-state index contributed by atoms with van der Waals surface area (Å²) >= 11 is 0. The van der Waals surface area contributed by atoms with Gasteiger partial charge in [-0.05, 0) is 43.5 Å². The molecule has 39 heavy (non-hydrogen) atoms. The summed E-state index contributed by atoms with van der Waals surface area (Å²) in [6, 6.07) is 3.43. The van der Waals surface area contributed by atoms with Crippen molar-refractivity contribution in [2.45, 2.75) is 50.9 Å². The second kappa shape index (κ2) is 10.9. The number of ether oxygens (including phenoxy) is 1. The van der Waals surface area contributed by atoms with Crippen molar-refractivity contribution < 1.29 is 58.9 Å². The summed E-state index contributed by atoms with van der Waals surface area (Å²) in [6.07, 6.45) is -22.0. The molecular formula is C23H26F9N3O4. The van der Waals surface area contributed by atoms with Gasteiger partial charge in [0.1, 0.15) is 0 Å². The number of alkyl halides is 9. The topological polar surface area (TPSA) is 73.3 Å². The number of carbonyl (C=O) groups excluding carboxylic acids is 1. The predicted octanol–water partition coefficient (Wildman–Crippen LogP) is 5.14. The maximum Gasteiger partial charge on any atom is 0.434 e. The first-order chi connectivity index (χ1) is 17.8. The summed E-state index contributed by atoms with van der Waals surface area (Å²) in [5.41, 5.74) is -1.41. The number of carbonyl (C=O) groups is 2. The van der Waals surface area contributed by atoms with E-state index < -0.39 is 47.7 Å². The van der Waals surface area contributed by atoms with E-state index in [1.807, 2.05) is 0 Å². The van der Waals surface area contributed by atoms with E-state index in [2.05, 4.69) is 4.74 Å². The Bertz CT molecular complexity index is 1030. The van der Waals surface area contributed by atoms with E-state index in [0.29, 0.717) is 4.90 Å². The van der Waals surface area contributed by atoms with Gasteiger partial charge in [-0.1, -0.05) is 0 Å². The molecule has 2 heterocycles. The van der Waals surface area contributed by atoms with Crippen LogP contribution >= 0.6 is 0 Å². The number of amides is 1. The molecule has 2 saturated heterocycles. The fraction of sp³-hybridized carbons (Fsp3) is 0.652. The minimum absolute atomic E-state index is 0.0335. The highest BCUT2D eigenvalue weighted by atomic mass is 19.4. The number of anilines is 1. The average molecular weight is 579 g/mol. The molecule has 16 heteroatoms. The highest BCUT2D eigenvalue weighted by Gasteiger charge is 2.60. The van der Waals surface area contributed by atoms with E-state index in [9.17, 15) is 54.2 Å². The smallest absolute Gasteiger partial charge is 0.434 e. The molecule has 0 aromatic heterocycles. The Morgan fingerprint density at radius 3 is 1.90 bits per heavy atom. The number of aliphatic carboxylic acids is 1. The largest absolute Gasteiger partial charge is 0.481 e. The molecule has 0 unspecified atom stereocenters. The summed E-state index contributed by atoms with van der Waals surface area (Å²) in [7, 11) is 0. The number of carboxylic acids is 1. The summed E-state index contributed by atoms with van der Waals surface area (Å²) in [5, 5.41) is 9.39. The monoisotopic (exact) mass is 579 g/mol. The Morgan fingerprint density at radius 1 is 0.897 bits per heavy atom. The molecule has 0 spiro atoms. The van der Waals surface area contributed by atoms with Crippen molar-refractivity contribution in [3.8, 4) is 0 Å². The van der Waals surface area contributed by atoms with Crippen molar-refractivity contribution in [1.29, 1.82) is 0 Å². The first-order valence-electron chi connectivity index (χ1n) is 11.8. The molecule has 2 fully saturated rings. The Kier molecular flexibility index (Phi) is 8.58. The molecule has 3 rings (SSSR count). The van der Waals surface area contributed by atoms with Crippen molar-refractivity contribution in [1.82, 2.24) is 9.80 Å². The molecule has 0 bridgehead atoms. The van der Waals surface area contributed by atoms with Crippen LogP contribution in [0, 0.1) is 5.41 Å². The Labute approximate surface area is 217 Å². The molecule has 7 nitrogen and oxygen atoms in total. The molecule has 0 atom stereocenters. The van der Waals surface area contributed by atoms with Crippen LogP contribution in [-0.2, 0) is 22.3 Å². The fourth-order valence-corrected chi connectivity index (χ4v) is 4.43. The van der Waals surface area contributed by atoms with E-state index in [1.54, 1.807) is 16.7 Å². The highest BCUT2D eigenvalue weighted by molar-refractivity contribution is 5.74. The summed E-state index contributed by atoms with van der Waals surface area (Å²) < 4.78 is 121. The molecule has 2 aliphatic rings. The zero-order valence-corrected chi connectivity index (χ0v) is 20.6. The molecule has 1 amide bonds. The normalized spacial score (nSPS) is 19.4. The Balaban J connectivity index is 1.67. The van der Waals surface area contributed by atoms with Gasteiger partial charge >= 0.3 is 30.6 Å². The predicted molar refractivity (Wildman–Crippen MR) is 118 cm³/mol. The average Bonchev–Trinajstić information content (AvgIpc) is 2.81. The lowest BCUT2D eigenvalue weighted by molar-refractivity contribution is -0.308. The van der Waals surface area contributed by atoms with Crippen molar-refractivity contribution in [2.75, 3.05) is 44.2 Å². The number of hydrogen-bond donors (Lipinski definition) is 1. The van der Waals surface area contributed by atoms with Gasteiger partial charge in [0, 0.05) is 51.5 Å². The maximum atomic E-state index is 13.6. The lowest BCUT2D eigenvalue weighted by atomic mass is 9.80. The number of hydrogen-bond acceptors (Lipinski definition) is 5. The Hall–Kier alpha value is -2.91. The van der Waals surface area contributed by atoms with E-state index in [-0.39, 0.29) is 69.9 Å². The van der Waals surface area contributed by atoms with Crippen molar-refractivity contribution in [2.24, 2.45) is 5.41 Å². The third-order valence-electron chi connectivity index (χ3n) is 6.90. The van der Waals surface area contributed by atoms with Crippen LogP contribution in [0.2, 0.25) is 0 Å². The lowest BCUT2D eigenvalue weighted by Gasteiger charge is -2.38. The molecule has 1 N–H and O–H groups in total. The number of piperazine rings is 1. The van der Waals surface area contributed by atoms with Crippen molar-refractivity contribution >= 4 is 17.7 Å². The quantitative estimate of drug-likeness (QED) is 0.487. The fourth-order valence-electron chi connectivity index (χ4n) is 4.43. The molecular weight excluding hydrogens is 553 g/mol. The van der Waals surface area contributed by atoms with Crippen LogP contribution in [0.4, 0.5) is 50.0 Å². The molecule has 0 radical (unpaired) electrons. The van der Waals surface area contributed by atoms with Crippen LogP contribution in [0.25, 0.3) is 0 Å². The molecule has 2 aliphatic heterocycles. The van der Waals surface area contributed by atoms with Crippen LogP contribution in [0.3, 0.4) is 0 Å². The summed E-state index contributed by atoms with van der Waals surface area (Å²) in [5.74, 6) is -0.984. The van der Waals surface area contributed by atoms with Crippen LogP contribution in [0.1, 0.15) is 30.9 Å². The van der Waals surface area contributed by atoms with Crippen LogP contribution in [-0.4, -0.2) is 84.7 Å². The number of rotatable bonds is 5. The third kappa shape index (κ3) is 7.60. The van der Waals surface area contributed by atoms with Gasteiger partial charge < -0.3 is 19.6 Å². The third-order valence-corrected chi connectivity index (χ3v) is 6.90. The minimum Gasteiger partial charge on any atom is -0.481 e. The lowest BCUT2D eigenvalue weighted by Crippen LogP contribution is -2.52. The van der Waals surface area contributed by atoms with Gasteiger partial charge in [-0.25, -0.2) is 4.79 Å². The van der Waals surface area contributed by atoms with Crippen LogP contribution in [0.15, 0.2) is 18.2 Å². The van der Waals surface area contributed by atoms with E-state index >= 15 is 0 Å². The first-order valence-corrected chi connectivity index (χ1v) is 11.8. The van der Waals surface area contributed by atoms with Gasteiger partial charge in [-0.2, -0.15) is 39.5 Å². The highest BCUT2D eigenvalue weighted by Crippen LogP contribution is 2.38. The number of halogens is 9.